The molecule has 27 heavy (non-hydrogen) atoms. The Morgan fingerprint density at radius 3 is 2.48 bits per heavy atom. The van der Waals surface area contributed by atoms with Gasteiger partial charge in [0.1, 0.15) is 5.69 Å². The van der Waals surface area contributed by atoms with Gasteiger partial charge in [0, 0.05) is 45.1 Å². The first-order valence-corrected chi connectivity index (χ1v) is 8.83. The van der Waals surface area contributed by atoms with Crippen molar-refractivity contribution in [3.63, 3.8) is 0 Å². The number of amides is 3. The molecule has 0 fully saturated rings. The molecule has 2 rings (SSSR count). The van der Waals surface area contributed by atoms with E-state index in [4.69, 9.17) is 0 Å². The Labute approximate surface area is 160 Å². The summed E-state index contributed by atoms with van der Waals surface area (Å²) in [7, 11) is 5.33. The average molecular weight is 369 g/mol. The van der Waals surface area contributed by atoms with E-state index in [1.54, 1.807) is 26.2 Å². The zero-order valence-corrected chi connectivity index (χ0v) is 16.3. The van der Waals surface area contributed by atoms with Gasteiger partial charge in [0.05, 0.1) is 0 Å². The number of nitrogens with zero attached hydrogens (tertiary/aromatic N) is 3. The number of pyridine rings is 1. The quantitative estimate of drug-likeness (QED) is 0.786. The van der Waals surface area contributed by atoms with Crippen LogP contribution in [0.4, 0.5) is 10.5 Å². The van der Waals surface area contributed by atoms with Gasteiger partial charge in [0.25, 0.3) is 5.91 Å². The second-order valence-corrected chi connectivity index (χ2v) is 6.81. The van der Waals surface area contributed by atoms with Crippen LogP contribution in [0.25, 0.3) is 0 Å². The van der Waals surface area contributed by atoms with Crippen molar-refractivity contribution in [2.45, 2.75) is 19.5 Å². The second-order valence-electron chi connectivity index (χ2n) is 6.81. The third-order valence-corrected chi connectivity index (χ3v) is 3.90. The summed E-state index contributed by atoms with van der Waals surface area (Å²) in [5.74, 6) is -0.213. The Morgan fingerprint density at radius 2 is 1.81 bits per heavy atom. The van der Waals surface area contributed by atoms with Crippen molar-refractivity contribution < 1.29 is 9.59 Å². The van der Waals surface area contributed by atoms with Gasteiger partial charge in [0.2, 0.25) is 0 Å². The van der Waals surface area contributed by atoms with Crippen LogP contribution in [0.3, 0.4) is 0 Å². The minimum Gasteiger partial charge on any atom is -0.343 e. The maximum Gasteiger partial charge on any atom is 0.319 e. The van der Waals surface area contributed by atoms with Crippen molar-refractivity contribution in [3.8, 4) is 0 Å². The Hall–Kier alpha value is -2.93. The van der Waals surface area contributed by atoms with Crippen molar-refractivity contribution in [2.24, 2.45) is 0 Å². The number of hydrogen-bond acceptors (Lipinski definition) is 4. The van der Waals surface area contributed by atoms with Gasteiger partial charge in [-0.15, -0.1) is 0 Å². The molecule has 1 aromatic heterocycles. The highest BCUT2D eigenvalue weighted by molar-refractivity contribution is 5.95. The van der Waals surface area contributed by atoms with Gasteiger partial charge in [-0.3, -0.25) is 9.78 Å². The summed E-state index contributed by atoms with van der Waals surface area (Å²) in [6.07, 6.45) is 1.50. The van der Waals surface area contributed by atoms with E-state index in [0.29, 0.717) is 12.2 Å². The summed E-state index contributed by atoms with van der Waals surface area (Å²) in [5, 5.41) is 5.66. The van der Waals surface area contributed by atoms with Gasteiger partial charge >= 0.3 is 6.03 Å². The molecule has 1 aromatic carbocycles. The van der Waals surface area contributed by atoms with E-state index in [1.165, 1.54) is 16.7 Å². The number of benzene rings is 1. The number of rotatable bonds is 7. The Bertz CT molecular complexity index is 764. The summed E-state index contributed by atoms with van der Waals surface area (Å²) in [4.78, 5) is 31.8. The number of aromatic nitrogens is 1. The van der Waals surface area contributed by atoms with Crippen molar-refractivity contribution in [1.82, 2.24) is 20.1 Å². The van der Waals surface area contributed by atoms with Crippen molar-refractivity contribution in [1.29, 1.82) is 0 Å². The van der Waals surface area contributed by atoms with Gasteiger partial charge in [0.15, 0.2) is 0 Å². The van der Waals surface area contributed by atoms with Gasteiger partial charge < -0.3 is 20.4 Å². The molecule has 3 amide bonds. The number of hydrogen-bond donors (Lipinski definition) is 2. The van der Waals surface area contributed by atoms with Gasteiger partial charge in [-0.25, -0.2) is 4.79 Å². The predicted molar refractivity (Wildman–Crippen MR) is 107 cm³/mol. The van der Waals surface area contributed by atoms with Crippen LogP contribution in [0, 0.1) is 0 Å². The number of carbonyl (C=O) groups is 2. The molecule has 0 bridgehead atoms. The van der Waals surface area contributed by atoms with E-state index in [2.05, 4.69) is 32.7 Å². The molecular formula is C20H27N5O2. The van der Waals surface area contributed by atoms with Crippen molar-refractivity contribution in [3.05, 3.63) is 59.9 Å². The van der Waals surface area contributed by atoms with Gasteiger partial charge in [-0.2, -0.15) is 0 Å². The highest BCUT2D eigenvalue weighted by atomic mass is 16.2. The minimum absolute atomic E-state index is 0.0385. The average Bonchev–Trinajstić information content (AvgIpc) is 2.61. The van der Waals surface area contributed by atoms with Crippen LogP contribution in [0.15, 0.2) is 48.7 Å². The fourth-order valence-corrected chi connectivity index (χ4v) is 2.72. The maximum atomic E-state index is 12.2. The normalized spacial score (nSPS) is 11.7. The summed E-state index contributed by atoms with van der Waals surface area (Å²) in [6.45, 7) is 3.48. The number of anilines is 1. The molecule has 0 aliphatic heterocycles. The van der Waals surface area contributed by atoms with Crippen LogP contribution in [0.2, 0.25) is 0 Å². The lowest BCUT2D eigenvalue weighted by atomic mass is 10.2. The molecule has 0 saturated carbocycles. The highest BCUT2D eigenvalue weighted by Crippen LogP contribution is 2.09. The molecule has 0 unspecified atom stereocenters. The lowest BCUT2D eigenvalue weighted by Gasteiger charge is -2.22. The van der Waals surface area contributed by atoms with E-state index >= 15 is 0 Å². The highest BCUT2D eigenvalue weighted by Gasteiger charge is 2.13. The standard InChI is InChI=1S/C20H27N5O2/c1-15(13-25(4)14-16-8-6-5-7-9-16)22-20(27)23-17-10-11-21-18(12-17)19(26)24(2)3/h5-12,15H,13-14H2,1-4H3,(H2,21,22,23,27)/t15-/m1/s1. The first-order valence-electron chi connectivity index (χ1n) is 8.83. The summed E-state index contributed by atoms with van der Waals surface area (Å²) >= 11 is 0. The Balaban J connectivity index is 1.84. The molecule has 0 radical (unpaired) electrons. The van der Waals surface area contributed by atoms with Crippen molar-refractivity contribution in [2.75, 3.05) is 33.0 Å². The maximum absolute atomic E-state index is 12.2. The molecule has 0 saturated heterocycles. The molecule has 2 aromatic rings. The first kappa shape index (κ1) is 20.4. The van der Waals surface area contributed by atoms with Crippen LogP contribution < -0.4 is 10.6 Å². The largest absolute Gasteiger partial charge is 0.343 e. The molecule has 1 heterocycles. The summed E-state index contributed by atoms with van der Waals surface area (Å²) in [6, 6.07) is 13.0. The first-order chi connectivity index (χ1) is 12.8. The lowest BCUT2D eigenvalue weighted by molar-refractivity contribution is 0.0822. The second kappa shape index (κ2) is 9.68. The van der Waals surface area contributed by atoms with Crippen molar-refractivity contribution >= 4 is 17.6 Å². The molecule has 0 spiro atoms. The van der Waals surface area contributed by atoms with E-state index < -0.39 is 0 Å². The number of likely N-dealkylation sites (N-methyl/N-ethyl adjacent to an activating group) is 1. The number of carbonyl (C=O) groups excluding carboxylic acids is 2. The van der Waals surface area contributed by atoms with E-state index in [9.17, 15) is 9.59 Å². The monoisotopic (exact) mass is 369 g/mol. The molecular weight excluding hydrogens is 342 g/mol. The lowest BCUT2D eigenvalue weighted by Crippen LogP contribution is -2.42. The molecule has 1 atom stereocenters. The SMILES string of the molecule is C[C@H](CN(C)Cc1ccccc1)NC(=O)Nc1ccnc(C(=O)N(C)C)c1. The van der Waals surface area contributed by atoms with Gasteiger partial charge in [-0.05, 0) is 31.7 Å². The van der Waals surface area contributed by atoms with E-state index in [1.807, 2.05) is 32.2 Å². The molecule has 7 heteroatoms. The molecule has 7 nitrogen and oxygen atoms in total. The van der Waals surface area contributed by atoms with Crippen LogP contribution >= 0.6 is 0 Å². The van der Waals surface area contributed by atoms with Crippen LogP contribution in [0.1, 0.15) is 23.0 Å². The predicted octanol–water partition coefficient (Wildman–Crippen LogP) is 2.43. The smallest absolute Gasteiger partial charge is 0.319 e. The summed E-state index contributed by atoms with van der Waals surface area (Å²) < 4.78 is 0. The topological polar surface area (TPSA) is 77.6 Å². The van der Waals surface area contributed by atoms with Crippen LogP contribution in [-0.2, 0) is 6.54 Å². The van der Waals surface area contributed by atoms with E-state index in [-0.39, 0.29) is 23.7 Å². The number of nitrogens with one attached hydrogen (secondary N) is 2. The van der Waals surface area contributed by atoms with Crippen LogP contribution in [0.5, 0.6) is 0 Å². The molecule has 0 aliphatic carbocycles. The fraction of sp³-hybridized carbons (Fsp3) is 0.350. The molecule has 0 aliphatic rings. The van der Waals surface area contributed by atoms with Crippen LogP contribution in [-0.4, -0.2) is 60.5 Å². The Kier molecular flexibility index (Phi) is 7.31. The van der Waals surface area contributed by atoms with E-state index in [0.717, 1.165) is 6.54 Å². The fourth-order valence-electron chi connectivity index (χ4n) is 2.72. The Morgan fingerprint density at radius 1 is 1.11 bits per heavy atom. The molecule has 144 valence electrons. The minimum atomic E-state index is -0.315. The summed E-state index contributed by atoms with van der Waals surface area (Å²) in [5.41, 5.74) is 2.04. The number of urea groups is 1. The zero-order chi connectivity index (χ0) is 19.8. The molecule has 2 N–H and O–H groups in total. The third-order valence-electron chi connectivity index (χ3n) is 3.90. The van der Waals surface area contributed by atoms with Gasteiger partial charge in [-0.1, -0.05) is 30.3 Å². The third kappa shape index (κ3) is 6.71. The zero-order valence-electron chi connectivity index (χ0n) is 16.3.